The summed E-state index contributed by atoms with van der Waals surface area (Å²) in [6.07, 6.45) is 0.998. The van der Waals surface area contributed by atoms with Crippen molar-refractivity contribution in [3.8, 4) is 0 Å². The predicted octanol–water partition coefficient (Wildman–Crippen LogP) is 6.02. The number of furan rings is 1. The van der Waals surface area contributed by atoms with E-state index in [0.29, 0.717) is 18.7 Å². The molecule has 0 aliphatic heterocycles. The fraction of sp³-hybridized carbons (Fsp3) is 0.200. The molecule has 3 rings (SSSR count). The Morgan fingerprint density at radius 1 is 1.08 bits per heavy atom. The zero-order valence-corrected chi connectivity index (χ0v) is 15.0. The van der Waals surface area contributed by atoms with Gasteiger partial charge in [-0.05, 0) is 30.8 Å². The van der Waals surface area contributed by atoms with Gasteiger partial charge in [0.25, 0.3) is 0 Å². The molecule has 0 unspecified atom stereocenters. The summed E-state index contributed by atoms with van der Waals surface area (Å²) in [4.78, 5) is 2.07. The highest BCUT2D eigenvalue weighted by molar-refractivity contribution is 5.85. The first kappa shape index (κ1) is 20.1. The number of alkyl halides is 3. The lowest BCUT2D eigenvalue weighted by atomic mass is 10.1. The fourth-order valence-electron chi connectivity index (χ4n) is 2.70. The highest BCUT2D eigenvalue weighted by atomic mass is 35.5. The van der Waals surface area contributed by atoms with Crippen molar-refractivity contribution in [3.63, 3.8) is 0 Å². The average Bonchev–Trinajstić information content (AvgIpc) is 2.98. The van der Waals surface area contributed by atoms with Crippen molar-refractivity contribution in [1.29, 1.82) is 0 Å². The second-order valence-electron chi connectivity index (χ2n) is 5.98. The molecule has 0 bridgehead atoms. The Morgan fingerprint density at radius 3 is 2.62 bits per heavy atom. The van der Waals surface area contributed by atoms with E-state index in [4.69, 9.17) is 4.42 Å². The van der Waals surface area contributed by atoms with Gasteiger partial charge in [0.2, 0.25) is 0 Å². The van der Waals surface area contributed by atoms with Crippen molar-refractivity contribution in [2.45, 2.75) is 12.7 Å². The largest absolute Gasteiger partial charge is 0.464 e. The van der Waals surface area contributed by atoms with Gasteiger partial charge in [-0.15, -0.1) is 12.4 Å². The van der Waals surface area contributed by atoms with Crippen LogP contribution in [0.15, 0.2) is 65.3 Å². The molecule has 0 fully saturated rings. The summed E-state index contributed by atoms with van der Waals surface area (Å²) >= 11 is 0. The maximum Gasteiger partial charge on any atom is 0.416 e. The minimum Gasteiger partial charge on any atom is -0.464 e. The molecular formula is C20H19ClF3NO. The van der Waals surface area contributed by atoms with Gasteiger partial charge in [0.1, 0.15) is 5.58 Å². The summed E-state index contributed by atoms with van der Waals surface area (Å²) in [6.45, 7) is 1.32. The van der Waals surface area contributed by atoms with E-state index in [9.17, 15) is 13.2 Å². The fourth-order valence-corrected chi connectivity index (χ4v) is 2.70. The normalized spacial score (nSPS) is 12.0. The predicted molar refractivity (Wildman–Crippen MR) is 100 cm³/mol. The van der Waals surface area contributed by atoms with Gasteiger partial charge in [0.05, 0.1) is 11.8 Å². The first-order valence-electron chi connectivity index (χ1n) is 7.91. The summed E-state index contributed by atoms with van der Waals surface area (Å²) in [7, 11) is 1.96. The van der Waals surface area contributed by atoms with Gasteiger partial charge >= 0.3 is 6.18 Å². The first-order chi connectivity index (χ1) is 11.9. The monoisotopic (exact) mass is 381 g/mol. The van der Waals surface area contributed by atoms with Gasteiger partial charge in [-0.2, -0.15) is 13.2 Å². The zero-order chi connectivity index (χ0) is 17.9. The van der Waals surface area contributed by atoms with E-state index in [1.165, 1.54) is 6.07 Å². The van der Waals surface area contributed by atoms with Crippen LogP contribution >= 0.6 is 12.4 Å². The van der Waals surface area contributed by atoms with Crippen LogP contribution in [0.2, 0.25) is 0 Å². The molecule has 0 aliphatic carbocycles. The summed E-state index contributed by atoms with van der Waals surface area (Å²) in [6, 6.07) is 13.1. The Balaban J connectivity index is 0.00000243. The molecule has 0 radical (unpaired) electrons. The quantitative estimate of drug-likeness (QED) is 0.537. The van der Waals surface area contributed by atoms with Crippen LogP contribution in [0.5, 0.6) is 0 Å². The number of hydrogen-bond donors (Lipinski definition) is 0. The number of benzene rings is 2. The second-order valence-corrected chi connectivity index (χ2v) is 5.98. The molecule has 0 aliphatic rings. The third kappa shape index (κ3) is 4.90. The number of nitrogens with zero attached hydrogens (tertiary/aromatic N) is 1. The SMILES string of the molecule is CN(C/C=C/c1cccc(C(F)(F)F)c1)Cc1coc2ccccc12.Cl. The van der Waals surface area contributed by atoms with Gasteiger partial charge in [0, 0.05) is 24.0 Å². The second kappa shape index (κ2) is 8.43. The van der Waals surface area contributed by atoms with E-state index in [0.717, 1.165) is 28.7 Å². The molecule has 2 aromatic carbocycles. The van der Waals surface area contributed by atoms with Crippen molar-refractivity contribution >= 4 is 29.5 Å². The van der Waals surface area contributed by atoms with E-state index < -0.39 is 11.7 Å². The lowest BCUT2D eigenvalue weighted by Crippen LogP contribution is -2.17. The number of likely N-dealkylation sites (N-methyl/N-ethyl adjacent to an activating group) is 1. The van der Waals surface area contributed by atoms with Crippen LogP contribution in [0, 0.1) is 0 Å². The van der Waals surface area contributed by atoms with Gasteiger partial charge in [-0.1, -0.05) is 42.5 Å². The zero-order valence-electron chi connectivity index (χ0n) is 14.2. The standard InChI is InChI=1S/C20H18F3NO.ClH/c1-24(13-16-14-25-19-10-3-2-9-18(16)19)11-5-7-15-6-4-8-17(12-15)20(21,22)23;/h2-10,12,14H,11,13H2,1H3;1H/b7-5+;. The molecule has 3 aromatic rings. The topological polar surface area (TPSA) is 16.4 Å². The Bertz CT molecular complexity index is 886. The Hall–Kier alpha value is -2.24. The third-order valence-electron chi connectivity index (χ3n) is 3.94. The minimum atomic E-state index is -4.32. The van der Waals surface area contributed by atoms with E-state index >= 15 is 0 Å². The van der Waals surface area contributed by atoms with Crippen molar-refractivity contribution < 1.29 is 17.6 Å². The lowest BCUT2D eigenvalue weighted by Gasteiger charge is -2.13. The van der Waals surface area contributed by atoms with Crippen molar-refractivity contribution in [1.82, 2.24) is 4.90 Å². The van der Waals surface area contributed by atoms with E-state index in [1.807, 2.05) is 37.4 Å². The molecule has 1 heterocycles. The molecule has 0 amide bonds. The van der Waals surface area contributed by atoms with Gasteiger partial charge < -0.3 is 4.42 Å². The van der Waals surface area contributed by atoms with Crippen LogP contribution in [0.1, 0.15) is 16.7 Å². The van der Waals surface area contributed by atoms with Crippen LogP contribution in [-0.4, -0.2) is 18.5 Å². The molecule has 0 N–H and O–H groups in total. The van der Waals surface area contributed by atoms with Gasteiger partial charge in [-0.25, -0.2) is 0 Å². The Labute approximate surface area is 156 Å². The number of halogens is 4. The molecular weight excluding hydrogens is 363 g/mol. The van der Waals surface area contributed by atoms with E-state index in [1.54, 1.807) is 18.4 Å². The number of rotatable bonds is 5. The van der Waals surface area contributed by atoms with Gasteiger partial charge in [-0.3, -0.25) is 4.90 Å². The van der Waals surface area contributed by atoms with Crippen LogP contribution in [-0.2, 0) is 12.7 Å². The molecule has 0 saturated heterocycles. The van der Waals surface area contributed by atoms with Crippen LogP contribution in [0.3, 0.4) is 0 Å². The Morgan fingerprint density at radius 2 is 1.85 bits per heavy atom. The van der Waals surface area contributed by atoms with Crippen LogP contribution in [0.4, 0.5) is 13.2 Å². The summed E-state index contributed by atoms with van der Waals surface area (Å²) < 4.78 is 43.7. The summed E-state index contributed by atoms with van der Waals surface area (Å²) in [5.74, 6) is 0. The van der Waals surface area contributed by atoms with Crippen molar-refractivity contribution in [2.24, 2.45) is 0 Å². The maximum absolute atomic E-state index is 12.7. The van der Waals surface area contributed by atoms with Crippen molar-refractivity contribution in [3.05, 3.63) is 77.6 Å². The molecule has 1 aromatic heterocycles. The number of fused-ring (bicyclic) bond motifs is 1. The average molecular weight is 382 g/mol. The summed E-state index contributed by atoms with van der Waals surface area (Å²) in [5.41, 5.74) is 1.85. The first-order valence-corrected chi connectivity index (χ1v) is 7.91. The number of hydrogen-bond acceptors (Lipinski definition) is 2. The van der Waals surface area contributed by atoms with Crippen molar-refractivity contribution in [2.75, 3.05) is 13.6 Å². The summed E-state index contributed by atoms with van der Waals surface area (Å²) in [5, 5.41) is 1.08. The van der Waals surface area contributed by atoms with E-state index in [-0.39, 0.29) is 12.4 Å². The molecule has 26 heavy (non-hydrogen) atoms. The minimum absolute atomic E-state index is 0. The number of para-hydroxylation sites is 1. The third-order valence-corrected chi connectivity index (χ3v) is 3.94. The lowest BCUT2D eigenvalue weighted by molar-refractivity contribution is -0.137. The molecule has 6 heteroatoms. The molecule has 138 valence electrons. The maximum atomic E-state index is 12.7. The van der Waals surface area contributed by atoms with Crippen LogP contribution in [0.25, 0.3) is 17.0 Å². The molecule has 0 atom stereocenters. The Kier molecular flexibility index (Phi) is 6.51. The smallest absolute Gasteiger partial charge is 0.416 e. The van der Waals surface area contributed by atoms with E-state index in [2.05, 4.69) is 4.90 Å². The van der Waals surface area contributed by atoms with Crippen LogP contribution < -0.4 is 0 Å². The molecule has 0 spiro atoms. The highest BCUT2D eigenvalue weighted by Gasteiger charge is 2.30. The van der Waals surface area contributed by atoms with Gasteiger partial charge in [0.15, 0.2) is 0 Å². The molecule has 2 nitrogen and oxygen atoms in total. The highest BCUT2D eigenvalue weighted by Crippen LogP contribution is 2.29. The molecule has 0 saturated carbocycles.